The fourth-order valence-corrected chi connectivity index (χ4v) is 2.02. The molecule has 0 saturated carbocycles. The van der Waals surface area contributed by atoms with Crippen LogP contribution < -0.4 is 5.32 Å². The van der Waals surface area contributed by atoms with Gasteiger partial charge in [0.15, 0.2) is 0 Å². The van der Waals surface area contributed by atoms with Crippen LogP contribution in [0.25, 0.3) is 0 Å². The number of hydrogen-bond acceptors (Lipinski definition) is 2. The second-order valence-corrected chi connectivity index (χ2v) is 5.07. The summed E-state index contributed by atoms with van der Waals surface area (Å²) in [5.74, 6) is 0.705. The van der Waals surface area contributed by atoms with Crippen molar-refractivity contribution in [3.05, 3.63) is 51.9 Å². The van der Waals surface area contributed by atoms with Crippen LogP contribution in [0.15, 0.2) is 45.5 Å². The summed E-state index contributed by atoms with van der Waals surface area (Å²) in [5, 5.41) is 3.29. The molecule has 1 aromatic heterocycles. The van der Waals surface area contributed by atoms with Gasteiger partial charge < -0.3 is 9.73 Å². The number of rotatable bonds is 4. The molecule has 1 aromatic carbocycles. The van der Waals surface area contributed by atoms with Crippen molar-refractivity contribution >= 4 is 39.1 Å². The van der Waals surface area contributed by atoms with Gasteiger partial charge >= 0.3 is 0 Å². The molecule has 0 saturated heterocycles. The van der Waals surface area contributed by atoms with Gasteiger partial charge in [-0.3, -0.25) is 4.79 Å². The lowest BCUT2D eigenvalue weighted by atomic mass is 10.2. The first-order valence-corrected chi connectivity index (χ1v) is 6.59. The summed E-state index contributed by atoms with van der Waals surface area (Å²) < 4.78 is 6.03. The van der Waals surface area contributed by atoms with Crippen LogP contribution in [0.5, 0.6) is 0 Å². The lowest BCUT2D eigenvalue weighted by molar-refractivity contribution is -0.116. The summed E-state index contributed by atoms with van der Waals surface area (Å²) in [7, 11) is 0. The molecule has 0 unspecified atom stereocenters. The van der Waals surface area contributed by atoms with Gasteiger partial charge in [0.2, 0.25) is 5.91 Å². The molecule has 0 aliphatic carbocycles. The van der Waals surface area contributed by atoms with Crippen molar-refractivity contribution in [3.63, 3.8) is 0 Å². The largest absolute Gasteiger partial charge is 0.469 e. The van der Waals surface area contributed by atoms with E-state index in [1.54, 1.807) is 24.5 Å². The molecule has 18 heavy (non-hydrogen) atoms. The van der Waals surface area contributed by atoms with Gasteiger partial charge in [0, 0.05) is 17.3 Å². The van der Waals surface area contributed by atoms with E-state index in [2.05, 4.69) is 21.2 Å². The van der Waals surface area contributed by atoms with Crippen molar-refractivity contribution in [1.29, 1.82) is 0 Å². The number of anilines is 1. The molecule has 0 aliphatic heterocycles. The maximum Gasteiger partial charge on any atom is 0.224 e. The number of nitrogens with one attached hydrogen (secondary N) is 1. The maximum absolute atomic E-state index is 11.7. The van der Waals surface area contributed by atoms with Crippen LogP contribution in [0, 0.1) is 0 Å². The van der Waals surface area contributed by atoms with E-state index in [-0.39, 0.29) is 5.91 Å². The lowest BCUT2D eigenvalue weighted by Gasteiger charge is -2.07. The second kappa shape index (κ2) is 6.07. The molecular formula is C13H11BrClNO2. The molecule has 2 aromatic rings. The van der Waals surface area contributed by atoms with E-state index in [1.807, 2.05) is 12.1 Å². The van der Waals surface area contributed by atoms with E-state index in [1.165, 1.54) is 0 Å². The number of benzene rings is 1. The first-order chi connectivity index (χ1) is 8.65. The highest BCUT2D eigenvalue weighted by molar-refractivity contribution is 9.10. The van der Waals surface area contributed by atoms with E-state index in [0.717, 1.165) is 10.2 Å². The summed E-state index contributed by atoms with van der Waals surface area (Å²) >= 11 is 9.32. The van der Waals surface area contributed by atoms with E-state index < -0.39 is 0 Å². The van der Waals surface area contributed by atoms with Crippen LogP contribution in [0.4, 0.5) is 5.69 Å². The average Bonchev–Trinajstić information content (AvgIpc) is 2.84. The molecule has 5 heteroatoms. The van der Waals surface area contributed by atoms with Crippen LogP contribution in [-0.2, 0) is 11.2 Å². The number of carbonyl (C=O) groups is 1. The van der Waals surface area contributed by atoms with Crippen molar-refractivity contribution in [2.45, 2.75) is 12.8 Å². The van der Waals surface area contributed by atoms with Gasteiger partial charge in [-0.2, -0.15) is 0 Å². The van der Waals surface area contributed by atoms with Gasteiger partial charge in [-0.25, -0.2) is 0 Å². The van der Waals surface area contributed by atoms with E-state index in [9.17, 15) is 4.79 Å². The monoisotopic (exact) mass is 327 g/mol. The first-order valence-electron chi connectivity index (χ1n) is 5.42. The van der Waals surface area contributed by atoms with E-state index >= 15 is 0 Å². The normalized spacial score (nSPS) is 10.3. The molecular weight excluding hydrogens is 318 g/mol. The van der Waals surface area contributed by atoms with Crippen molar-refractivity contribution in [1.82, 2.24) is 0 Å². The molecule has 0 fully saturated rings. The molecule has 0 spiro atoms. The van der Waals surface area contributed by atoms with Crippen LogP contribution in [0.1, 0.15) is 12.2 Å². The quantitative estimate of drug-likeness (QED) is 0.911. The van der Waals surface area contributed by atoms with Crippen molar-refractivity contribution in [2.24, 2.45) is 0 Å². The van der Waals surface area contributed by atoms with Gasteiger partial charge in [0.1, 0.15) is 5.76 Å². The van der Waals surface area contributed by atoms with Crippen molar-refractivity contribution in [2.75, 3.05) is 5.32 Å². The number of halogens is 2. The summed E-state index contributed by atoms with van der Waals surface area (Å²) in [6.07, 6.45) is 2.53. The minimum Gasteiger partial charge on any atom is -0.469 e. The molecule has 1 N–H and O–H groups in total. The Kier molecular flexibility index (Phi) is 4.44. The number of hydrogen-bond donors (Lipinski definition) is 1. The van der Waals surface area contributed by atoms with Crippen molar-refractivity contribution < 1.29 is 9.21 Å². The molecule has 0 bridgehead atoms. The highest BCUT2D eigenvalue weighted by Crippen LogP contribution is 2.25. The Morgan fingerprint density at radius 2 is 2.22 bits per heavy atom. The SMILES string of the molecule is O=C(CCc1ccco1)Nc1cc(Br)ccc1Cl. The molecule has 0 aliphatic rings. The zero-order valence-electron chi connectivity index (χ0n) is 9.45. The van der Waals surface area contributed by atoms with Crippen molar-refractivity contribution in [3.8, 4) is 0 Å². The molecule has 0 atom stereocenters. The van der Waals surface area contributed by atoms with Crippen LogP contribution in [0.3, 0.4) is 0 Å². The smallest absolute Gasteiger partial charge is 0.224 e. The third kappa shape index (κ3) is 3.62. The number of furan rings is 1. The number of carbonyl (C=O) groups excluding carboxylic acids is 1. The Labute approximate surface area is 118 Å². The lowest BCUT2D eigenvalue weighted by Crippen LogP contribution is -2.12. The Morgan fingerprint density at radius 3 is 2.94 bits per heavy atom. The number of aryl methyl sites for hydroxylation is 1. The fraction of sp³-hybridized carbons (Fsp3) is 0.154. The first kappa shape index (κ1) is 13.2. The molecule has 3 nitrogen and oxygen atoms in total. The van der Waals surface area contributed by atoms with E-state index in [4.69, 9.17) is 16.0 Å². The third-order valence-corrected chi connectivity index (χ3v) is 3.20. The van der Waals surface area contributed by atoms with Gasteiger partial charge in [0.25, 0.3) is 0 Å². The van der Waals surface area contributed by atoms with E-state index in [0.29, 0.717) is 23.6 Å². The van der Waals surface area contributed by atoms with Gasteiger partial charge in [-0.1, -0.05) is 27.5 Å². The van der Waals surface area contributed by atoms with Gasteiger partial charge in [-0.15, -0.1) is 0 Å². The standard InChI is InChI=1S/C13H11BrClNO2/c14-9-3-5-11(15)12(8-9)16-13(17)6-4-10-2-1-7-18-10/h1-3,5,7-8H,4,6H2,(H,16,17). The Morgan fingerprint density at radius 1 is 1.39 bits per heavy atom. The summed E-state index contributed by atoms with van der Waals surface area (Å²) in [4.78, 5) is 11.7. The van der Waals surface area contributed by atoms with Gasteiger partial charge in [-0.05, 0) is 30.3 Å². The summed E-state index contributed by atoms with van der Waals surface area (Å²) in [6.45, 7) is 0. The second-order valence-electron chi connectivity index (χ2n) is 3.75. The van der Waals surface area contributed by atoms with Crippen LogP contribution in [0.2, 0.25) is 5.02 Å². The summed E-state index contributed by atoms with van der Waals surface area (Å²) in [6, 6.07) is 8.97. The maximum atomic E-state index is 11.7. The zero-order chi connectivity index (χ0) is 13.0. The molecule has 1 amide bonds. The summed E-state index contributed by atoms with van der Waals surface area (Å²) in [5.41, 5.74) is 0.607. The highest BCUT2D eigenvalue weighted by Gasteiger charge is 2.07. The average molecular weight is 329 g/mol. The predicted octanol–water partition coefficient (Wildman–Crippen LogP) is 4.27. The molecule has 94 valence electrons. The minimum atomic E-state index is -0.0913. The molecule has 0 radical (unpaired) electrons. The van der Waals surface area contributed by atoms with Crippen LogP contribution in [-0.4, -0.2) is 5.91 Å². The Hall–Kier alpha value is -1.26. The molecule has 1 heterocycles. The Balaban J connectivity index is 1.92. The Bertz CT molecular complexity index is 540. The zero-order valence-corrected chi connectivity index (χ0v) is 11.8. The highest BCUT2D eigenvalue weighted by atomic mass is 79.9. The fourth-order valence-electron chi connectivity index (χ4n) is 1.50. The topological polar surface area (TPSA) is 42.2 Å². The predicted molar refractivity (Wildman–Crippen MR) is 74.8 cm³/mol. The van der Waals surface area contributed by atoms with Gasteiger partial charge in [0.05, 0.1) is 17.0 Å². The molecule has 2 rings (SSSR count). The van der Waals surface area contributed by atoms with Crippen LogP contribution >= 0.6 is 27.5 Å². The minimum absolute atomic E-state index is 0.0913. The number of amides is 1. The third-order valence-electron chi connectivity index (χ3n) is 2.38.